The number of hydrogen-bond donors (Lipinski definition) is 1. The van der Waals surface area contributed by atoms with Gasteiger partial charge in [0.2, 0.25) is 4.73 Å². The fourth-order valence-electron chi connectivity index (χ4n) is 7.23. The number of carbonyl (C=O) groups excluding carboxylic acids is 3. The molecule has 1 N–H and O–H groups in total. The number of nitrogens with one attached hydrogen (secondary N) is 1. The third kappa shape index (κ3) is 7.95. The van der Waals surface area contributed by atoms with E-state index < -0.39 is 12.0 Å². The number of aromatic nitrogens is 3. The summed E-state index contributed by atoms with van der Waals surface area (Å²) < 4.78 is 13.2. The Hall–Kier alpha value is -4.48. The minimum Gasteiger partial charge on any atom is -0.469 e. The molecular weight excluding hydrogens is 740 g/mol. The van der Waals surface area contributed by atoms with Crippen molar-refractivity contribution in [2.75, 3.05) is 26.0 Å². The molecule has 0 aliphatic heterocycles. The van der Waals surface area contributed by atoms with Crippen molar-refractivity contribution < 1.29 is 23.9 Å². The Kier molecular flexibility index (Phi) is 11.4. The summed E-state index contributed by atoms with van der Waals surface area (Å²) in [5, 5.41) is 14.4. The third-order valence-electron chi connectivity index (χ3n) is 10.0. The number of thioether (sulfide) groups is 1. The van der Waals surface area contributed by atoms with Crippen molar-refractivity contribution >= 4 is 56.3 Å². The van der Waals surface area contributed by atoms with E-state index in [1.165, 1.54) is 42.7 Å². The van der Waals surface area contributed by atoms with Crippen LogP contribution >= 0.6 is 27.7 Å². The Bertz CT molecular complexity index is 2050. The van der Waals surface area contributed by atoms with Crippen LogP contribution in [0.15, 0.2) is 94.8 Å². The van der Waals surface area contributed by atoms with Gasteiger partial charge in [-0.2, -0.15) is 0 Å². The van der Waals surface area contributed by atoms with Crippen LogP contribution in [0.4, 0.5) is 4.79 Å². The molecule has 1 amide bonds. The predicted molar refractivity (Wildman–Crippen MR) is 206 cm³/mol. The second-order valence-corrected chi connectivity index (χ2v) is 15.1. The molecule has 1 unspecified atom stereocenters. The average molecular weight is 782 g/mol. The molecule has 2 aliphatic carbocycles. The van der Waals surface area contributed by atoms with E-state index in [1.807, 2.05) is 34.9 Å². The van der Waals surface area contributed by atoms with Crippen LogP contribution in [0.2, 0.25) is 0 Å². The molecule has 11 heteroatoms. The molecule has 0 radical (unpaired) electrons. The highest BCUT2D eigenvalue weighted by atomic mass is 79.9. The first kappa shape index (κ1) is 35.9. The molecule has 7 rings (SSSR count). The highest BCUT2D eigenvalue weighted by Crippen LogP contribution is 2.45. The molecule has 0 saturated heterocycles. The maximum Gasteiger partial charge on any atom is 0.407 e. The summed E-state index contributed by atoms with van der Waals surface area (Å²) in [5.74, 6) is 0.129. The van der Waals surface area contributed by atoms with Gasteiger partial charge in [-0.1, -0.05) is 103 Å². The number of rotatable bonds is 16. The first-order chi connectivity index (χ1) is 25.4. The summed E-state index contributed by atoms with van der Waals surface area (Å²) in [6.07, 6.45) is 5.06. The molecule has 5 aromatic rings. The minimum atomic E-state index is -0.565. The lowest BCUT2D eigenvalue weighted by atomic mass is 9.98. The van der Waals surface area contributed by atoms with Gasteiger partial charge in [-0.05, 0) is 86.8 Å². The Morgan fingerprint density at radius 1 is 0.865 bits per heavy atom. The van der Waals surface area contributed by atoms with Gasteiger partial charge in [-0.15, -0.1) is 10.2 Å². The molecular formula is C41H41BrN4O5S. The number of benzene rings is 4. The van der Waals surface area contributed by atoms with Crippen LogP contribution in [-0.2, 0) is 19.1 Å². The summed E-state index contributed by atoms with van der Waals surface area (Å²) >= 11 is 4.96. The van der Waals surface area contributed by atoms with E-state index in [0.29, 0.717) is 35.1 Å². The number of carbonyl (C=O) groups is 3. The van der Waals surface area contributed by atoms with E-state index in [-0.39, 0.29) is 36.6 Å². The molecule has 1 heterocycles. The number of Topliss-reactive ketones (excluding diaryl/α,β-unsaturated/α-hetero) is 1. The Labute approximate surface area is 316 Å². The predicted octanol–water partition coefficient (Wildman–Crippen LogP) is 9.00. The van der Waals surface area contributed by atoms with Gasteiger partial charge in [0, 0.05) is 24.3 Å². The van der Waals surface area contributed by atoms with Crippen molar-refractivity contribution in [3.8, 4) is 16.8 Å². The van der Waals surface area contributed by atoms with Gasteiger partial charge in [0.1, 0.15) is 12.4 Å². The van der Waals surface area contributed by atoms with E-state index in [0.717, 1.165) is 46.2 Å². The zero-order chi connectivity index (χ0) is 36.0. The molecule has 1 saturated carbocycles. The zero-order valence-electron chi connectivity index (χ0n) is 29.1. The number of methoxy groups -OCH3 is 1. The Morgan fingerprint density at radius 3 is 2.27 bits per heavy atom. The number of fused-ring (bicyclic) bond motifs is 4. The van der Waals surface area contributed by atoms with Gasteiger partial charge in [0.25, 0.3) is 0 Å². The number of esters is 1. The highest BCUT2D eigenvalue weighted by Gasteiger charge is 2.30. The molecule has 0 spiro atoms. The van der Waals surface area contributed by atoms with Crippen LogP contribution in [-0.4, -0.2) is 58.6 Å². The molecule has 9 nitrogen and oxygen atoms in total. The van der Waals surface area contributed by atoms with Crippen molar-refractivity contribution in [3.05, 3.63) is 106 Å². The molecule has 1 aromatic heterocycles. The number of ether oxygens (including phenoxy) is 2. The lowest BCUT2D eigenvalue weighted by molar-refractivity contribution is -0.145. The summed E-state index contributed by atoms with van der Waals surface area (Å²) in [7, 11) is 1.35. The maximum absolute atomic E-state index is 12.9. The quantitative estimate of drug-likeness (QED) is 0.0600. The molecule has 52 heavy (non-hydrogen) atoms. The average Bonchev–Trinajstić information content (AvgIpc) is 3.88. The van der Waals surface area contributed by atoms with Crippen molar-refractivity contribution in [2.24, 2.45) is 5.92 Å². The van der Waals surface area contributed by atoms with E-state index in [9.17, 15) is 14.4 Å². The van der Waals surface area contributed by atoms with E-state index >= 15 is 0 Å². The summed E-state index contributed by atoms with van der Waals surface area (Å²) in [4.78, 5) is 38.1. The van der Waals surface area contributed by atoms with E-state index in [2.05, 4.69) is 86.0 Å². The van der Waals surface area contributed by atoms with Crippen LogP contribution in [0.5, 0.6) is 0 Å². The maximum atomic E-state index is 12.9. The standard InChI is InChI=1S/C41H41BrN4O5S/c1-50-38(48)27(23-43-41(49)51-24-36-33-16-7-5-14-31(33)32-15-6-8-17-34(32)36)11-3-2-4-12-28(47)25-52-40-45-44-39(42)46(40)37-22-21-29(26-19-20-26)30-13-9-10-18-35(30)37/h5-10,13-18,21-22,26-27,36H,2-4,11-12,19-20,23-25H2,1H3,(H,43,49). The van der Waals surface area contributed by atoms with Gasteiger partial charge >= 0.3 is 12.1 Å². The SMILES string of the molecule is COC(=O)C(CCCCCC(=O)CSc1nnc(Br)n1-c1ccc(C2CC2)c2ccccc12)CNC(=O)OCC1c2ccccc2-c2ccccc21. The van der Waals surface area contributed by atoms with Gasteiger partial charge < -0.3 is 14.8 Å². The second-order valence-electron chi connectivity index (χ2n) is 13.4. The highest BCUT2D eigenvalue weighted by molar-refractivity contribution is 9.10. The topological polar surface area (TPSA) is 112 Å². The molecule has 268 valence electrons. The molecule has 4 aromatic carbocycles. The number of unbranched alkanes of at least 4 members (excludes halogenated alkanes) is 2. The van der Waals surface area contributed by atoms with Crippen LogP contribution in [0.3, 0.4) is 0 Å². The molecule has 1 atom stereocenters. The minimum absolute atomic E-state index is 0.0414. The van der Waals surface area contributed by atoms with Crippen molar-refractivity contribution in [1.82, 2.24) is 20.1 Å². The first-order valence-corrected chi connectivity index (χ1v) is 19.6. The number of nitrogens with zero attached hydrogens (tertiary/aromatic N) is 3. The van der Waals surface area contributed by atoms with Gasteiger partial charge in [0.15, 0.2) is 5.16 Å². The van der Waals surface area contributed by atoms with Crippen LogP contribution in [0, 0.1) is 5.92 Å². The smallest absolute Gasteiger partial charge is 0.407 e. The normalized spacial score (nSPS) is 14.1. The fraction of sp³-hybridized carbons (Fsp3) is 0.341. The van der Waals surface area contributed by atoms with E-state index in [1.54, 1.807) is 0 Å². The molecule has 1 fully saturated rings. The summed E-state index contributed by atoms with van der Waals surface area (Å²) in [5.41, 5.74) is 6.98. The van der Waals surface area contributed by atoms with Crippen molar-refractivity contribution in [3.63, 3.8) is 0 Å². The lowest BCUT2D eigenvalue weighted by Gasteiger charge is -2.17. The number of hydrogen-bond acceptors (Lipinski definition) is 8. The van der Waals surface area contributed by atoms with Gasteiger partial charge in [0.05, 0.1) is 24.5 Å². The zero-order valence-corrected chi connectivity index (χ0v) is 31.5. The van der Waals surface area contributed by atoms with Gasteiger partial charge in [-0.3, -0.25) is 14.2 Å². The second kappa shape index (κ2) is 16.5. The van der Waals surface area contributed by atoms with Crippen molar-refractivity contribution in [1.29, 1.82) is 0 Å². The largest absolute Gasteiger partial charge is 0.469 e. The molecule has 0 bridgehead atoms. The molecule has 2 aliphatic rings. The van der Waals surface area contributed by atoms with Gasteiger partial charge in [-0.25, -0.2) is 4.79 Å². The Balaban J connectivity index is 0.852. The van der Waals surface area contributed by atoms with Crippen molar-refractivity contribution in [2.45, 2.75) is 61.9 Å². The summed E-state index contributed by atoms with van der Waals surface area (Å²) in [6, 6.07) is 29.1. The fourth-order valence-corrected chi connectivity index (χ4v) is 8.64. The lowest BCUT2D eigenvalue weighted by Crippen LogP contribution is -2.34. The first-order valence-electron chi connectivity index (χ1n) is 17.9. The van der Waals surface area contributed by atoms with Crippen LogP contribution < -0.4 is 5.32 Å². The summed E-state index contributed by atoms with van der Waals surface area (Å²) in [6.45, 7) is 0.322. The van der Waals surface area contributed by atoms with Crippen LogP contribution in [0.1, 0.15) is 73.5 Å². The Morgan fingerprint density at radius 2 is 1.56 bits per heavy atom. The third-order valence-corrected chi connectivity index (χ3v) is 11.5. The monoisotopic (exact) mass is 780 g/mol. The number of halogens is 1. The number of ketones is 1. The van der Waals surface area contributed by atoms with E-state index in [4.69, 9.17) is 9.47 Å². The van der Waals surface area contributed by atoms with Crippen LogP contribution in [0.25, 0.3) is 27.6 Å². The number of alkyl carbamates (subject to hydrolysis) is 1. The number of amides is 1.